The van der Waals surface area contributed by atoms with Crippen molar-refractivity contribution in [1.82, 2.24) is 4.90 Å². The van der Waals surface area contributed by atoms with Crippen LogP contribution in [0.4, 0.5) is 0 Å². The number of rotatable bonds is 10. The Kier molecular flexibility index (Phi) is 7.68. The van der Waals surface area contributed by atoms with Gasteiger partial charge in [-0.25, -0.2) is 0 Å². The number of hydrogen-bond acceptors (Lipinski definition) is 4. The van der Waals surface area contributed by atoms with E-state index in [1.165, 1.54) is 16.7 Å². The molecule has 4 nitrogen and oxygen atoms in total. The summed E-state index contributed by atoms with van der Waals surface area (Å²) >= 11 is 0. The second-order valence-electron chi connectivity index (χ2n) is 7.28. The van der Waals surface area contributed by atoms with Gasteiger partial charge in [0.25, 0.3) is 0 Å². The van der Waals surface area contributed by atoms with E-state index in [2.05, 4.69) is 48.2 Å². The summed E-state index contributed by atoms with van der Waals surface area (Å²) in [4.78, 5) is 2.25. The average molecular weight is 392 g/mol. The fourth-order valence-electron chi connectivity index (χ4n) is 3.19. The van der Waals surface area contributed by atoms with Crippen molar-refractivity contribution < 1.29 is 14.6 Å². The Morgan fingerprint density at radius 3 is 2.00 bits per heavy atom. The molecule has 29 heavy (non-hydrogen) atoms. The summed E-state index contributed by atoms with van der Waals surface area (Å²) in [6.07, 6.45) is -0.591. The average Bonchev–Trinajstić information content (AvgIpc) is 2.75. The van der Waals surface area contributed by atoms with Crippen molar-refractivity contribution in [1.29, 1.82) is 0 Å². The number of aliphatic hydroxyl groups is 1. The van der Waals surface area contributed by atoms with Crippen LogP contribution in [0.1, 0.15) is 16.7 Å². The number of nitrogens with zero attached hydrogens (tertiary/aromatic N) is 1. The largest absolute Gasteiger partial charge is 0.497 e. The monoisotopic (exact) mass is 391 g/mol. The fourth-order valence-corrected chi connectivity index (χ4v) is 3.19. The Morgan fingerprint density at radius 2 is 1.38 bits per heavy atom. The topological polar surface area (TPSA) is 41.9 Å². The molecule has 3 aromatic carbocycles. The highest BCUT2D eigenvalue weighted by molar-refractivity contribution is 5.31. The van der Waals surface area contributed by atoms with Crippen LogP contribution in [-0.4, -0.2) is 36.4 Å². The first-order chi connectivity index (χ1) is 14.1. The van der Waals surface area contributed by atoms with Gasteiger partial charge in [-0.3, -0.25) is 4.90 Å². The van der Waals surface area contributed by atoms with E-state index in [9.17, 15) is 5.11 Å². The molecule has 0 heterocycles. The molecule has 0 saturated heterocycles. The first kappa shape index (κ1) is 20.9. The third-order valence-corrected chi connectivity index (χ3v) is 4.75. The van der Waals surface area contributed by atoms with Crippen molar-refractivity contribution >= 4 is 0 Å². The number of aryl methyl sites for hydroxylation is 1. The zero-order valence-electron chi connectivity index (χ0n) is 17.1. The van der Waals surface area contributed by atoms with Crippen LogP contribution in [0, 0.1) is 6.92 Å². The van der Waals surface area contributed by atoms with Crippen molar-refractivity contribution in [2.45, 2.75) is 26.1 Å². The zero-order valence-corrected chi connectivity index (χ0v) is 17.1. The van der Waals surface area contributed by atoms with E-state index in [4.69, 9.17) is 9.47 Å². The quantitative estimate of drug-likeness (QED) is 0.555. The fraction of sp³-hybridized carbons (Fsp3) is 0.280. The smallest absolute Gasteiger partial charge is 0.119 e. The maximum atomic E-state index is 10.6. The molecule has 0 aliphatic rings. The number of hydrogen-bond donors (Lipinski definition) is 1. The van der Waals surface area contributed by atoms with E-state index in [-0.39, 0.29) is 6.61 Å². The molecular weight excluding hydrogens is 362 g/mol. The summed E-state index contributed by atoms with van der Waals surface area (Å²) in [6.45, 7) is 4.40. The molecule has 3 rings (SSSR count). The van der Waals surface area contributed by atoms with Gasteiger partial charge in [0.2, 0.25) is 0 Å². The summed E-state index contributed by atoms with van der Waals surface area (Å²) in [5.74, 6) is 1.50. The van der Waals surface area contributed by atoms with Gasteiger partial charge in [-0.05, 0) is 42.3 Å². The van der Waals surface area contributed by atoms with Crippen LogP contribution in [0.3, 0.4) is 0 Å². The van der Waals surface area contributed by atoms with Gasteiger partial charge in [0.15, 0.2) is 0 Å². The van der Waals surface area contributed by atoms with Gasteiger partial charge in [0, 0.05) is 19.6 Å². The van der Waals surface area contributed by atoms with Gasteiger partial charge in [-0.1, -0.05) is 60.2 Å². The highest BCUT2D eigenvalue weighted by Crippen LogP contribution is 2.17. The second kappa shape index (κ2) is 10.6. The molecular formula is C25H29NO3. The minimum Gasteiger partial charge on any atom is -0.497 e. The van der Waals surface area contributed by atoms with E-state index in [1.54, 1.807) is 7.11 Å². The first-order valence-electron chi connectivity index (χ1n) is 9.89. The molecule has 0 amide bonds. The van der Waals surface area contributed by atoms with Crippen LogP contribution >= 0.6 is 0 Å². The molecule has 0 radical (unpaired) electrons. The SMILES string of the molecule is COc1ccc(OCC(O)CN(Cc2ccccc2)Cc2ccc(C)cc2)cc1. The number of methoxy groups -OCH3 is 1. The predicted molar refractivity (Wildman–Crippen MR) is 116 cm³/mol. The molecule has 0 spiro atoms. The molecule has 0 bridgehead atoms. The van der Waals surface area contributed by atoms with Gasteiger partial charge < -0.3 is 14.6 Å². The maximum absolute atomic E-state index is 10.6. The standard InChI is InChI=1S/C25H29NO3/c1-20-8-10-22(11-9-20)17-26(16-21-6-4-3-5-7-21)18-23(27)19-29-25-14-12-24(28-2)13-15-25/h3-15,23,27H,16-19H2,1-2H3. The van der Waals surface area contributed by atoms with Crippen molar-refractivity contribution in [3.8, 4) is 11.5 Å². The lowest BCUT2D eigenvalue weighted by Crippen LogP contribution is -2.35. The van der Waals surface area contributed by atoms with Gasteiger partial charge in [0.1, 0.15) is 24.2 Å². The van der Waals surface area contributed by atoms with Crippen LogP contribution < -0.4 is 9.47 Å². The van der Waals surface area contributed by atoms with Gasteiger partial charge >= 0.3 is 0 Å². The van der Waals surface area contributed by atoms with Gasteiger partial charge in [0.05, 0.1) is 7.11 Å². The van der Waals surface area contributed by atoms with Crippen LogP contribution in [0.5, 0.6) is 11.5 Å². The minimum absolute atomic E-state index is 0.242. The number of benzene rings is 3. The molecule has 0 saturated carbocycles. The Balaban J connectivity index is 1.60. The van der Waals surface area contributed by atoms with Gasteiger partial charge in [-0.2, -0.15) is 0 Å². The van der Waals surface area contributed by atoms with Crippen LogP contribution in [0.25, 0.3) is 0 Å². The maximum Gasteiger partial charge on any atom is 0.119 e. The number of aliphatic hydroxyl groups excluding tert-OH is 1. The molecule has 152 valence electrons. The Morgan fingerprint density at radius 1 is 0.793 bits per heavy atom. The lowest BCUT2D eigenvalue weighted by Gasteiger charge is -2.25. The molecule has 0 aliphatic heterocycles. The van der Waals surface area contributed by atoms with E-state index in [1.807, 2.05) is 42.5 Å². The molecule has 4 heteroatoms. The lowest BCUT2D eigenvalue weighted by molar-refractivity contribution is 0.0628. The van der Waals surface area contributed by atoms with Crippen molar-refractivity contribution in [3.63, 3.8) is 0 Å². The molecule has 1 N–H and O–H groups in total. The summed E-state index contributed by atoms with van der Waals surface area (Å²) < 4.78 is 10.9. The van der Waals surface area contributed by atoms with Crippen LogP contribution in [0.15, 0.2) is 78.9 Å². The molecule has 0 aliphatic carbocycles. The van der Waals surface area contributed by atoms with Crippen LogP contribution in [-0.2, 0) is 13.1 Å². The third kappa shape index (κ3) is 6.93. The molecule has 0 aromatic heterocycles. The second-order valence-corrected chi connectivity index (χ2v) is 7.28. The van der Waals surface area contributed by atoms with Gasteiger partial charge in [-0.15, -0.1) is 0 Å². The Bertz CT molecular complexity index is 848. The third-order valence-electron chi connectivity index (χ3n) is 4.75. The van der Waals surface area contributed by atoms with E-state index < -0.39 is 6.10 Å². The predicted octanol–water partition coefficient (Wildman–Crippen LogP) is 4.45. The van der Waals surface area contributed by atoms with E-state index in [0.717, 1.165) is 24.6 Å². The molecule has 1 unspecified atom stereocenters. The van der Waals surface area contributed by atoms with Crippen molar-refractivity contribution in [3.05, 3.63) is 95.6 Å². The summed E-state index contributed by atoms with van der Waals surface area (Å²) in [6, 6.07) is 26.3. The highest BCUT2D eigenvalue weighted by Gasteiger charge is 2.14. The highest BCUT2D eigenvalue weighted by atomic mass is 16.5. The van der Waals surface area contributed by atoms with Crippen LogP contribution in [0.2, 0.25) is 0 Å². The zero-order chi connectivity index (χ0) is 20.5. The molecule has 0 fully saturated rings. The van der Waals surface area contributed by atoms with E-state index in [0.29, 0.717) is 6.54 Å². The number of ether oxygens (including phenoxy) is 2. The van der Waals surface area contributed by atoms with E-state index >= 15 is 0 Å². The Hall–Kier alpha value is -2.82. The lowest BCUT2D eigenvalue weighted by atomic mass is 10.1. The van der Waals surface area contributed by atoms with Crippen molar-refractivity contribution in [2.75, 3.05) is 20.3 Å². The first-order valence-corrected chi connectivity index (χ1v) is 9.89. The summed E-state index contributed by atoms with van der Waals surface area (Å²) in [7, 11) is 1.63. The summed E-state index contributed by atoms with van der Waals surface area (Å²) in [5, 5.41) is 10.6. The normalized spacial score (nSPS) is 12.0. The molecule has 3 aromatic rings. The Labute approximate surface area is 173 Å². The van der Waals surface area contributed by atoms with Crippen molar-refractivity contribution in [2.24, 2.45) is 0 Å². The summed E-state index contributed by atoms with van der Waals surface area (Å²) in [5.41, 5.74) is 3.70. The molecule has 1 atom stereocenters. The minimum atomic E-state index is -0.591.